The highest BCUT2D eigenvalue weighted by Crippen LogP contribution is 1.91. The van der Waals surface area contributed by atoms with E-state index in [9.17, 15) is 0 Å². The predicted molar refractivity (Wildman–Crippen MR) is 74.2 cm³/mol. The Morgan fingerprint density at radius 1 is 0.882 bits per heavy atom. The summed E-state index contributed by atoms with van der Waals surface area (Å²) in [4.78, 5) is 0. The van der Waals surface area contributed by atoms with Gasteiger partial charge >= 0.3 is 9.53 Å². The summed E-state index contributed by atoms with van der Waals surface area (Å²) in [7, 11) is -1.73. The van der Waals surface area contributed by atoms with Crippen LogP contribution in [0.3, 0.4) is 0 Å². The Kier molecular flexibility index (Phi) is 20.9. The average Bonchev–Trinajstić information content (AvgIpc) is 2.32. The molecule has 0 aromatic carbocycles. The molecule has 0 aliphatic carbocycles. The van der Waals surface area contributed by atoms with Gasteiger partial charge in [0.15, 0.2) is 0 Å². The largest absolute Gasteiger partial charge is 0.484 e. The van der Waals surface area contributed by atoms with Gasteiger partial charge in [-0.2, -0.15) is 0 Å². The predicted octanol–water partition coefficient (Wildman–Crippen LogP) is 0.758. The molecule has 0 amide bonds. The molecular formula is C11H30N2O3Si. The van der Waals surface area contributed by atoms with Gasteiger partial charge in [-0.05, 0) is 33.7 Å². The van der Waals surface area contributed by atoms with E-state index >= 15 is 0 Å². The SMILES string of the molecule is CCCNCCN.CCO[SiH](OCC)OCC. The van der Waals surface area contributed by atoms with E-state index in [4.69, 9.17) is 19.0 Å². The molecule has 0 fully saturated rings. The molecule has 0 bridgehead atoms. The van der Waals surface area contributed by atoms with E-state index in [1.165, 1.54) is 6.42 Å². The van der Waals surface area contributed by atoms with E-state index in [0.717, 1.165) is 19.6 Å². The Hall–Kier alpha value is 0.0169. The third-order valence-electron chi connectivity index (χ3n) is 1.66. The molecule has 0 heterocycles. The Bertz CT molecular complexity index is 113. The second kappa shape index (κ2) is 18.4. The van der Waals surface area contributed by atoms with E-state index < -0.39 is 9.53 Å². The molecule has 0 unspecified atom stereocenters. The zero-order chi connectivity index (χ0) is 13.4. The zero-order valence-electron chi connectivity index (χ0n) is 11.8. The molecule has 0 saturated carbocycles. The first-order valence-corrected chi connectivity index (χ1v) is 7.93. The van der Waals surface area contributed by atoms with E-state index in [2.05, 4.69) is 12.2 Å². The first-order chi connectivity index (χ1) is 8.26. The fourth-order valence-corrected chi connectivity index (χ4v) is 2.06. The summed E-state index contributed by atoms with van der Waals surface area (Å²) in [6.07, 6.45) is 1.19. The van der Waals surface area contributed by atoms with Crippen molar-refractivity contribution in [2.24, 2.45) is 5.73 Å². The Balaban J connectivity index is 0. The van der Waals surface area contributed by atoms with Crippen LogP contribution in [0.25, 0.3) is 0 Å². The monoisotopic (exact) mass is 266 g/mol. The first kappa shape index (κ1) is 19.4. The molecule has 5 nitrogen and oxygen atoms in total. The Morgan fingerprint density at radius 3 is 1.65 bits per heavy atom. The van der Waals surface area contributed by atoms with Gasteiger partial charge in [0.05, 0.1) is 0 Å². The van der Waals surface area contributed by atoms with Crippen LogP contribution in [0.15, 0.2) is 0 Å². The van der Waals surface area contributed by atoms with Crippen molar-refractivity contribution in [1.29, 1.82) is 0 Å². The number of nitrogens with one attached hydrogen (secondary N) is 1. The maximum Gasteiger partial charge on any atom is 0.484 e. The fraction of sp³-hybridized carbons (Fsp3) is 1.00. The number of rotatable bonds is 10. The van der Waals surface area contributed by atoms with Gasteiger partial charge in [0.2, 0.25) is 0 Å². The average molecular weight is 266 g/mol. The summed E-state index contributed by atoms with van der Waals surface area (Å²) >= 11 is 0. The van der Waals surface area contributed by atoms with Crippen molar-refractivity contribution in [1.82, 2.24) is 5.32 Å². The lowest BCUT2D eigenvalue weighted by Crippen LogP contribution is -2.27. The van der Waals surface area contributed by atoms with Gasteiger partial charge in [-0.1, -0.05) is 6.92 Å². The van der Waals surface area contributed by atoms with Crippen LogP contribution in [0.4, 0.5) is 0 Å². The normalized spacial score (nSPS) is 10.2. The van der Waals surface area contributed by atoms with Crippen molar-refractivity contribution in [2.45, 2.75) is 34.1 Å². The molecule has 0 aliphatic rings. The second-order valence-corrected chi connectivity index (χ2v) is 4.77. The molecule has 0 aromatic rings. The fourth-order valence-electron chi connectivity index (χ4n) is 0.956. The number of hydrogen-bond donors (Lipinski definition) is 2. The van der Waals surface area contributed by atoms with Crippen LogP contribution in [0.5, 0.6) is 0 Å². The zero-order valence-corrected chi connectivity index (χ0v) is 13.0. The van der Waals surface area contributed by atoms with Crippen molar-refractivity contribution < 1.29 is 13.3 Å². The topological polar surface area (TPSA) is 65.7 Å². The summed E-state index contributed by atoms with van der Waals surface area (Å²) in [6, 6.07) is 0. The van der Waals surface area contributed by atoms with Crippen LogP contribution in [0.1, 0.15) is 34.1 Å². The van der Waals surface area contributed by atoms with Crippen LogP contribution in [0.2, 0.25) is 0 Å². The molecule has 3 N–H and O–H groups in total. The summed E-state index contributed by atoms with van der Waals surface area (Å²) < 4.78 is 15.7. The van der Waals surface area contributed by atoms with Crippen LogP contribution >= 0.6 is 0 Å². The van der Waals surface area contributed by atoms with E-state index in [0.29, 0.717) is 19.8 Å². The van der Waals surface area contributed by atoms with Gasteiger partial charge in [-0.3, -0.25) is 0 Å². The van der Waals surface area contributed by atoms with Gasteiger partial charge < -0.3 is 24.3 Å². The van der Waals surface area contributed by atoms with Crippen LogP contribution < -0.4 is 11.1 Å². The molecule has 17 heavy (non-hydrogen) atoms. The Morgan fingerprint density at radius 2 is 1.35 bits per heavy atom. The maximum absolute atomic E-state index is 5.22. The van der Waals surface area contributed by atoms with Crippen molar-refractivity contribution >= 4 is 9.53 Å². The van der Waals surface area contributed by atoms with Crippen molar-refractivity contribution in [2.75, 3.05) is 39.5 Å². The molecule has 106 valence electrons. The third kappa shape index (κ3) is 18.6. The minimum Gasteiger partial charge on any atom is -0.376 e. The van der Waals surface area contributed by atoms with Crippen LogP contribution in [-0.2, 0) is 13.3 Å². The molecule has 0 aromatic heterocycles. The van der Waals surface area contributed by atoms with E-state index in [-0.39, 0.29) is 0 Å². The van der Waals surface area contributed by atoms with Gasteiger partial charge in [-0.15, -0.1) is 0 Å². The number of hydrogen-bond acceptors (Lipinski definition) is 5. The highest BCUT2D eigenvalue weighted by Gasteiger charge is 2.11. The minimum atomic E-state index is -1.73. The van der Waals surface area contributed by atoms with Crippen LogP contribution in [0, 0.1) is 0 Å². The quantitative estimate of drug-likeness (QED) is 0.451. The van der Waals surface area contributed by atoms with Gasteiger partial charge in [0.1, 0.15) is 0 Å². The van der Waals surface area contributed by atoms with Gasteiger partial charge in [0, 0.05) is 32.9 Å². The second-order valence-electron chi connectivity index (χ2n) is 3.19. The third-order valence-corrected chi connectivity index (χ3v) is 3.47. The summed E-state index contributed by atoms with van der Waals surface area (Å²) in [5.41, 5.74) is 5.21. The van der Waals surface area contributed by atoms with Crippen LogP contribution in [-0.4, -0.2) is 49.0 Å². The van der Waals surface area contributed by atoms with Crippen molar-refractivity contribution in [3.8, 4) is 0 Å². The summed E-state index contributed by atoms with van der Waals surface area (Å²) in [5.74, 6) is 0. The highest BCUT2D eigenvalue weighted by atomic mass is 28.3. The molecule has 0 spiro atoms. The molecule has 6 heteroatoms. The Labute approximate surface area is 108 Å². The van der Waals surface area contributed by atoms with E-state index in [1.807, 2.05) is 20.8 Å². The van der Waals surface area contributed by atoms with Gasteiger partial charge in [-0.25, -0.2) is 0 Å². The maximum atomic E-state index is 5.22. The molecule has 0 atom stereocenters. The lowest BCUT2D eigenvalue weighted by atomic mass is 10.5. The van der Waals surface area contributed by atoms with Gasteiger partial charge in [0.25, 0.3) is 0 Å². The first-order valence-electron chi connectivity index (χ1n) is 6.52. The smallest absolute Gasteiger partial charge is 0.376 e. The molecule has 0 saturated heterocycles. The molecular weight excluding hydrogens is 236 g/mol. The summed E-state index contributed by atoms with van der Waals surface area (Å²) in [5, 5.41) is 3.16. The lowest BCUT2D eigenvalue weighted by molar-refractivity contribution is 0.107. The molecule has 0 radical (unpaired) electrons. The molecule has 0 aliphatic heterocycles. The minimum absolute atomic E-state index is 0.677. The summed E-state index contributed by atoms with van der Waals surface area (Å²) in [6.45, 7) is 12.8. The van der Waals surface area contributed by atoms with Crippen molar-refractivity contribution in [3.05, 3.63) is 0 Å². The number of nitrogens with two attached hydrogens (primary N) is 1. The van der Waals surface area contributed by atoms with Crippen molar-refractivity contribution in [3.63, 3.8) is 0 Å². The standard InChI is InChI=1S/C6H16O3Si.C5H14N2/c1-4-7-10(8-5-2)9-6-3;1-2-4-7-5-3-6/h10H,4-6H2,1-3H3;7H,2-6H2,1H3. The molecule has 0 rings (SSSR count). The lowest BCUT2D eigenvalue weighted by Gasteiger charge is -2.12. The highest BCUT2D eigenvalue weighted by molar-refractivity contribution is 6.36. The van der Waals surface area contributed by atoms with E-state index in [1.54, 1.807) is 0 Å².